The molecule has 102 heavy (non-hydrogen) atoms. The number of nitrogens with one attached hydrogen (secondary N) is 3. The summed E-state index contributed by atoms with van der Waals surface area (Å²) in [6, 6.07) is 34.3. The molecule has 0 spiro atoms. The average Bonchev–Trinajstić information content (AvgIpc) is 1.34. The predicted octanol–water partition coefficient (Wildman–Crippen LogP) is 13.3. The van der Waals surface area contributed by atoms with Crippen molar-refractivity contribution in [2.24, 2.45) is 0 Å². The Morgan fingerprint density at radius 1 is 0.539 bits per heavy atom. The van der Waals surface area contributed by atoms with Crippen LogP contribution in [0.1, 0.15) is 122 Å². The maximum absolute atomic E-state index is 12.4. The van der Waals surface area contributed by atoms with Crippen LogP contribution in [0.3, 0.4) is 0 Å². The highest BCUT2D eigenvalue weighted by Gasteiger charge is 2.24. The van der Waals surface area contributed by atoms with Crippen molar-refractivity contribution in [3.05, 3.63) is 216 Å². The summed E-state index contributed by atoms with van der Waals surface area (Å²) < 4.78 is 28.0. The number of hydrogen-bond acceptors (Lipinski definition) is 22. The molecule has 1 saturated carbocycles. The van der Waals surface area contributed by atoms with Crippen molar-refractivity contribution in [3.8, 4) is 109 Å². The molecule has 2 aliphatic rings. The van der Waals surface area contributed by atoms with Gasteiger partial charge in [0.2, 0.25) is 11.8 Å². The standard InChI is InChI=1S/C27H30N6O3.C26H28N6O2.C24H22N6O2.4H2/c1-16(2)33-14-20(6-8-24(33)34)23-13-28-18(4)25(30-23)27-32-31-26(36-27)22-7-5-19(11-17(22)3)12-29-21-9-10-35-15-21;1-16-12-18(13-27-3)8-10-21(16)25-30-31-26(34-25)24-17(2)28-14-22(29-24)19-9-11-23(33)32(15-19)20-6-4-5-7-20;1-15(11-25)30-14-19(8-9-23(30)31)21-13-27-16(2)24(28-21)22-10-20(29-32-22)18-6-4-17(5-7-18)12-26-3;;;;/h5-8,11,13-14,16,21,29H,9-10,12,15H2,1-4H3;8-12,14-15,20,27H,4-7,13H2,1-3H3;4-10,13-15,26H,12H2,1-3H3;4*1H/t21-;;;;;;/m1....../s1. The van der Waals surface area contributed by atoms with Crippen molar-refractivity contribution in [2.45, 2.75) is 131 Å². The van der Waals surface area contributed by atoms with Crippen molar-refractivity contribution < 1.29 is 23.8 Å². The fourth-order valence-corrected chi connectivity index (χ4v) is 12.3. The lowest BCUT2D eigenvalue weighted by atomic mass is 10.0. The van der Waals surface area contributed by atoms with Crippen LogP contribution in [0.4, 0.5) is 0 Å². The summed E-state index contributed by atoms with van der Waals surface area (Å²) in [5.41, 5.74) is 16.7. The van der Waals surface area contributed by atoms with E-state index in [1.54, 1.807) is 72.8 Å². The molecule has 10 heterocycles. The van der Waals surface area contributed by atoms with Crippen LogP contribution in [0.15, 0.2) is 168 Å². The van der Waals surface area contributed by atoms with Gasteiger partial charge in [-0.15, -0.1) is 20.4 Å². The first-order valence-electron chi connectivity index (χ1n) is 34.0. The van der Waals surface area contributed by atoms with Crippen LogP contribution >= 0.6 is 0 Å². The summed E-state index contributed by atoms with van der Waals surface area (Å²) in [7, 11) is 3.84. The highest BCUT2D eigenvalue weighted by molar-refractivity contribution is 5.70. The van der Waals surface area contributed by atoms with E-state index in [1.165, 1.54) is 27.3 Å². The third kappa shape index (κ3) is 16.2. The Morgan fingerprint density at radius 3 is 1.55 bits per heavy atom. The van der Waals surface area contributed by atoms with Gasteiger partial charge < -0.3 is 43.2 Å². The minimum atomic E-state index is -0.586. The van der Waals surface area contributed by atoms with Crippen LogP contribution in [0.2, 0.25) is 0 Å². The number of ether oxygens (including phenoxy) is 1. The Hall–Kier alpha value is -11.4. The molecule has 1 unspecified atom stereocenters. The van der Waals surface area contributed by atoms with Crippen LogP contribution in [-0.2, 0) is 24.4 Å². The molecular weight excluding hydrogens is 1290 g/mol. The zero-order valence-electron chi connectivity index (χ0n) is 58.7. The lowest BCUT2D eigenvalue weighted by Crippen LogP contribution is -2.28. The summed E-state index contributed by atoms with van der Waals surface area (Å²) in [6.45, 7) is 19.2. The molecule has 1 aliphatic carbocycles. The summed E-state index contributed by atoms with van der Waals surface area (Å²) in [5.74, 6) is 2.02. The molecule has 0 bridgehead atoms. The molecule has 1 aliphatic heterocycles. The van der Waals surface area contributed by atoms with E-state index in [0.29, 0.717) is 97.9 Å². The van der Waals surface area contributed by atoms with Crippen molar-refractivity contribution in [3.63, 3.8) is 0 Å². The SMILES string of the molecule is CNCc1ccc(-c2cc(-c3nc(-c4ccc(=O)n(C(C)C#N)c4)cnc3C)on2)cc1.CNCc1ccc(-c2nnc(-c3nc(-c4ccc(=O)n(C5CCCC5)c4)cnc3C)o2)c(C)c1.Cc1cc(CN[C@@H]2CCOC2)ccc1-c1nnc(-c2nc(-c3ccc(=O)n(C(C)C)c3)cnc2C)o1.[HH].[HH].[HH].[HH]. The second kappa shape index (κ2) is 31.8. The summed E-state index contributed by atoms with van der Waals surface area (Å²) >= 11 is 0. The molecule has 25 nitrogen and oxygen atoms in total. The maximum atomic E-state index is 12.4. The van der Waals surface area contributed by atoms with Crippen molar-refractivity contribution >= 4 is 0 Å². The van der Waals surface area contributed by atoms with Crippen LogP contribution < -0.4 is 32.6 Å². The molecule has 0 radical (unpaired) electrons. The summed E-state index contributed by atoms with van der Waals surface area (Å²) in [4.78, 5) is 64.4. The van der Waals surface area contributed by atoms with Crippen molar-refractivity contribution in [1.82, 2.24) is 85.1 Å². The quantitative estimate of drug-likeness (QED) is 0.0677. The van der Waals surface area contributed by atoms with E-state index in [2.05, 4.69) is 80.7 Å². The topological polar surface area (TPSA) is 316 Å². The number of aromatic nitrogens is 14. The smallest absolute Gasteiger partial charge is 0.268 e. The van der Waals surface area contributed by atoms with Gasteiger partial charge in [0.1, 0.15) is 28.8 Å². The molecule has 3 N–H and O–H groups in total. The van der Waals surface area contributed by atoms with Crippen molar-refractivity contribution in [2.75, 3.05) is 27.3 Å². The van der Waals surface area contributed by atoms with E-state index in [1.807, 2.05) is 122 Å². The molecule has 12 aromatic rings. The largest absolute Gasteiger partial charge is 0.415 e. The second-order valence-electron chi connectivity index (χ2n) is 25.8. The monoisotopic (exact) mass is 1380 g/mol. The van der Waals surface area contributed by atoms with Gasteiger partial charge in [0.05, 0.1) is 65.4 Å². The minimum absolute atomic E-state index is 0. The zero-order chi connectivity index (χ0) is 71.6. The number of nitrogens with zero attached hydrogens (tertiary/aromatic N) is 15. The summed E-state index contributed by atoms with van der Waals surface area (Å²) in [6.07, 6.45) is 15.8. The molecular formula is C77H88N18O7. The molecule has 25 heteroatoms. The molecule has 9 aromatic heterocycles. The molecule has 2 atom stereocenters. The minimum Gasteiger partial charge on any atom is -0.415 e. The third-order valence-corrected chi connectivity index (χ3v) is 18.0. The van der Waals surface area contributed by atoms with Gasteiger partial charge in [-0.3, -0.25) is 33.9 Å². The van der Waals surface area contributed by atoms with Crippen molar-refractivity contribution in [1.29, 1.82) is 5.26 Å². The Kier molecular flexibility index (Phi) is 22.0. The number of pyridine rings is 3. The molecule has 14 rings (SSSR count). The Balaban J connectivity index is 0.000000197. The van der Waals surface area contributed by atoms with Gasteiger partial charge >= 0.3 is 0 Å². The van der Waals surface area contributed by atoms with E-state index in [-0.39, 0.29) is 34.5 Å². The second-order valence-corrected chi connectivity index (χ2v) is 25.8. The van der Waals surface area contributed by atoms with Gasteiger partial charge in [-0.2, -0.15) is 5.26 Å². The number of hydrogen-bond donors (Lipinski definition) is 3. The van der Waals surface area contributed by atoms with E-state index in [0.717, 1.165) is 104 Å². The van der Waals surface area contributed by atoms with Gasteiger partial charge in [0.25, 0.3) is 28.5 Å². The fraction of sp³-hybridized carbons (Fsp3) is 0.312. The van der Waals surface area contributed by atoms with Crippen LogP contribution in [0.5, 0.6) is 0 Å². The van der Waals surface area contributed by atoms with E-state index in [4.69, 9.17) is 33.0 Å². The first-order valence-corrected chi connectivity index (χ1v) is 34.0. The molecule has 528 valence electrons. The third-order valence-electron chi connectivity index (χ3n) is 18.0. The van der Waals surface area contributed by atoms with Gasteiger partial charge in [0.15, 0.2) is 5.76 Å². The Labute approximate surface area is 595 Å². The van der Waals surface area contributed by atoms with Crippen LogP contribution in [0.25, 0.3) is 103 Å². The zero-order valence-corrected chi connectivity index (χ0v) is 58.7. The van der Waals surface area contributed by atoms with Gasteiger partial charge in [-0.1, -0.05) is 66.5 Å². The van der Waals surface area contributed by atoms with Crippen LogP contribution in [0, 0.1) is 45.9 Å². The summed E-state index contributed by atoms with van der Waals surface area (Å²) in [5, 5.41) is 40.3. The van der Waals surface area contributed by atoms with E-state index >= 15 is 0 Å². The number of nitriles is 1. The molecule has 1 saturated heterocycles. The Morgan fingerprint density at radius 2 is 1.02 bits per heavy atom. The number of rotatable bonds is 19. The number of benzene rings is 3. The van der Waals surface area contributed by atoms with Crippen LogP contribution in [-0.4, -0.2) is 103 Å². The molecule has 2 fully saturated rings. The first kappa shape index (κ1) is 70.4. The lowest BCUT2D eigenvalue weighted by molar-refractivity contribution is 0.190. The molecule has 3 aromatic carbocycles. The fourth-order valence-electron chi connectivity index (χ4n) is 12.3. The Bertz CT molecular complexity index is 5210. The highest BCUT2D eigenvalue weighted by atomic mass is 16.5. The van der Waals surface area contributed by atoms with Gasteiger partial charge in [-0.05, 0) is 147 Å². The number of aryl methyl sites for hydroxylation is 5. The average molecular weight is 1380 g/mol. The van der Waals surface area contributed by atoms with E-state index in [9.17, 15) is 19.6 Å². The molecule has 0 amide bonds. The predicted molar refractivity (Wildman–Crippen MR) is 396 cm³/mol. The van der Waals surface area contributed by atoms with Gasteiger partial charge in [-0.25, -0.2) is 15.0 Å². The lowest BCUT2D eigenvalue weighted by Gasteiger charge is -2.14. The first-order chi connectivity index (χ1) is 49.4. The van der Waals surface area contributed by atoms with E-state index < -0.39 is 6.04 Å². The maximum Gasteiger partial charge on any atom is 0.268 e. The normalized spacial score (nSPS) is 13.9. The highest BCUT2D eigenvalue weighted by Crippen LogP contribution is 2.34. The van der Waals surface area contributed by atoms with Gasteiger partial charge in [0, 0.05) is 126 Å².